The van der Waals surface area contributed by atoms with Gasteiger partial charge in [-0.15, -0.1) is 0 Å². The number of rotatable bonds is 4. The molecule has 0 aliphatic rings. The lowest BCUT2D eigenvalue weighted by atomic mass is 10.1. The third-order valence-electron chi connectivity index (χ3n) is 3.10. The minimum atomic E-state index is -0.429. The van der Waals surface area contributed by atoms with E-state index in [1.807, 2.05) is 26.0 Å². The van der Waals surface area contributed by atoms with Gasteiger partial charge in [0.2, 0.25) is 0 Å². The zero-order valence-corrected chi connectivity index (χ0v) is 12.2. The molecule has 1 amide bonds. The Morgan fingerprint density at radius 1 is 1.10 bits per heavy atom. The van der Waals surface area contributed by atoms with E-state index in [4.69, 9.17) is 4.42 Å². The second-order valence-corrected chi connectivity index (χ2v) is 4.71. The van der Waals surface area contributed by atoms with Crippen LogP contribution in [0, 0.1) is 6.92 Å². The summed E-state index contributed by atoms with van der Waals surface area (Å²) in [6, 6.07) is 9.74. The van der Waals surface area contributed by atoms with Crippen LogP contribution < -0.4 is 5.32 Å². The summed E-state index contributed by atoms with van der Waals surface area (Å²) >= 11 is 0. The van der Waals surface area contributed by atoms with Crippen molar-refractivity contribution < 1.29 is 18.7 Å². The second-order valence-electron chi connectivity index (χ2n) is 4.71. The van der Waals surface area contributed by atoms with Crippen LogP contribution in [0.4, 0.5) is 0 Å². The van der Waals surface area contributed by atoms with Crippen molar-refractivity contribution in [2.75, 3.05) is 7.11 Å². The van der Waals surface area contributed by atoms with Gasteiger partial charge in [0.15, 0.2) is 0 Å². The molecule has 5 nitrogen and oxygen atoms in total. The van der Waals surface area contributed by atoms with Crippen LogP contribution in [0.2, 0.25) is 0 Å². The molecule has 0 radical (unpaired) electrons. The van der Waals surface area contributed by atoms with E-state index in [-0.39, 0.29) is 11.9 Å². The molecule has 1 aromatic carbocycles. The van der Waals surface area contributed by atoms with E-state index in [0.29, 0.717) is 16.9 Å². The highest BCUT2D eigenvalue weighted by molar-refractivity contribution is 5.96. The van der Waals surface area contributed by atoms with Crippen molar-refractivity contribution in [3.63, 3.8) is 0 Å². The number of esters is 1. The summed E-state index contributed by atoms with van der Waals surface area (Å²) in [6.07, 6.45) is 0. The molecule has 0 bridgehead atoms. The number of hydrogen-bond acceptors (Lipinski definition) is 4. The van der Waals surface area contributed by atoms with E-state index in [1.165, 1.54) is 7.11 Å². The van der Waals surface area contributed by atoms with Crippen molar-refractivity contribution in [3.05, 3.63) is 59.0 Å². The van der Waals surface area contributed by atoms with Gasteiger partial charge in [0.25, 0.3) is 5.91 Å². The molecular formula is C16H17NO4. The Morgan fingerprint density at radius 2 is 1.71 bits per heavy atom. The zero-order valence-electron chi connectivity index (χ0n) is 12.2. The molecule has 5 heteroatoms. The Labute approximate surface area is 122 Å². The van der Waals surface area contributed by atoms with Crippen LogP contribution in [0.5, 0.6) is 0 Å². The SMILES string of the molecule is COC(=O)c1ccc(C(=O)NC(C)c2ccc(C)o2)cc1. The van der Waals surface area contributed by atoms with Crippen molar-refractivity contribution in [2.24, 2.45) is 0 Å². The Morgan fingerprint density at radius 3 is 2.24 bits per heavy atom. The van der Waals surface area contributed by atoms with Crippen LogP contribution in [0.1, 0.15) is 45.2 Å². The lowest BCUT2D eigenvalue weighted by Gasteiger charge is -2.11. The molecule has 2 aromatic rings. The Kier molecular flexibility index (Phi) is 4.42. The van der Waals surface area contributed by atoms with Gasteiger partial charge in [-0.25, -0.2) is 4.79 Å². The number of ether oxygens (including phenoxy) is 1. The largest absolute Gasteiger partial charge is 0.465 e. The van der Waals surface area contributed by atoms with Gasteiger partial charge in [0, 0.05) is 5.56 Å². The Balaban J connectivity index is 2.04. The highest BCUT2D eigenvalue weighted by Gasteiger charge is 2.14. The number of benzene rings is 1. The molecule has 0 saturated carbocycles. The molecule has 0 aliphatic carbocycles. The summed E-state index contributed by atoms with van der Waals surface area (Å²) in [5.41, 5.74) is 0.876. The average Bonchev–Trinajstić information content (AvgIpc) is 2.93. The highest BCUT2D eigenvalue weighted by atomic mass is 16.5. The quantitative estimate of drug-likeness (QED) is 0.878. The smallest absolute Gasteiger partial charge is 0.337 e. The maximum Gasteiger partial charge on any atom is 0.337 e. The fraction of sp³-hybridized carbons (Fsp3) is 0.250. The predicted octanol–water partition coefficient (Wildman–Crippen LogP) is 2.87. The lowest BCUT2D eigenvalue weighted by molar-refractivity contribution is 0.0600. The maximum absolute atomic E-state index is 12.1. The van der Waals surface area contributed by atoms with Crippen LogP contribution in [0.3, 0.4) is 0 Å². The zero-order chi connectivity index (χ0) is 15.4. The van der Waals surface area contributed by atoms with Gasteiger partial charge in [0.05, 0.1) is 18.7 Å². The molecule has 1 atom stereocenters. The van der Waals surface area contributed by atoms with Gasteiger partial charge in [-0.2, -0.15) is 0 Å². The first-order valence-corrected chi connectivity index (χ1v) is 6.57. The van der Waals surface area contributed by atoms with Crippen molar-refractivity contribution in [1.29, 1.82) is 0 Å². The number of carbonyl (C=O) groups is 2. The molecule has 110 valence electrons. The van der Waals surface area contributed by atoms with E-state index >= 15 is 0 Å². The molecule has 1 unspecified atom stereocenters. The summed E-state index contributed by atoms with van der Waals surface area (Å²) in [4.78, 5) is 23.4. The molecule has 0 saturated heterocycles. The number of methoxy groups -OCH3 is 1. The third kappa shape index (κ3) is 3.51. The molecule has 2 rings (SSSR count). The summed E-state index contributed by atoms with van der Waals surface area (Å²) in [6.45, 7) is 3.70. The maximum atomic E-state index is 12.1. The number of aryl methyl sites for hydroxylation is 1. The number of furan rings is 1. The molecule has 0 spiro atoms. The summed E-state index contributed by atoms with van der Waals surface area (Å²) in [5.74, 6) is 0.843. The van der Waals surface area contributed by atoms with E-state index in [2.05, 4.69) is 10.1 Å². The van der Waals surface area contributed by atoms with Crippen molar-refractivity contribution >= 4 is 11.9 Å². The molecule has 1 N–H and O–H groups in total. The predicted molar refractivity (Wildman–Crippen MR) is 77.1 cm³/mol. The van der Waals surface area contributed by atoms with E-state index < -0.39 is 5.97 Å². The first kappa shape index (κ1) is 14.8. The summed E-state index contributed by atoms with van der Waals surface area (Å²) < 4.78 is 10.1. The van der Waals surface area contributed by atoms with E-state index in [9.17, 15) is 9.59 Å². The monoisotopic (exact) mass is 287 g/mol. The molecule has 0 fully saturated rings. The highest BCUT2D eigenvalue weighted by Crippen LogP contribution is 2.16. The van der Waals surface area contributed by atoms with Gasteiger partial charge in [-0.1, -0.05) is 0 Å². The number of nitrogens with one attached hydrogen (secondary N) is 1. The summed E-state index contributed by atoms with van der Waals surface area (Å²) in [5, 5.41) is 2.84. The first-order chi connectivity index (χ1) is 10.0. The van der Waals surface area contributed by atoms with Crippen molar-refractivity contribution in [2.45, 2.75) is 19.9 Å². The van der Waals surface area contributed by atoms with Gasteiger partial charge >= 0.3 is 5.97 Å². The molecule has 0 aliphatic heterocycles. The van der Waals surface area contributed by atoms with E-state index in [0.717, 1.165) is 5.76 Å². The fourth-order valence-electron chi connectivity index (χ4n) is 1.91. The van der Waals surface area contributed by atoms with Crippen LogP contribution in [-0.2, 0) is 4.74 Å². The van der Waals surface area contributed by atoms with Gasteiger partial charge in [-0.3, -0.25) is 4.79 Å². The Bertz CT molecular complexity index is 643. The van der Waals surface area contributed by atoms with Crippen LogP contribution in [0.15, 0.2) is 40.8 Å². The first-order valence-electron chi connectivity index (χ1n) is 6.57. The number of hydrogen-bond donors (Lipinski definition) is 1. The van der Waals surface area contributed by atoms with Gasteiger partial charge in [-0.05, 0) is 50.2 Å². The Hall–Kier alpha value is -2.56. The van der Waals surface area contributed by atoms with Gasteiger partial charge in [0.1, 0.15) is 11.5 Å². The molecule has 1 heterocycles. The lowest BCUT2D eigenvalue weighted by Crippen LogP contribution is -2.26. The minimum Gasteiger partial charge on any atom is -0.465 e. The van der Waals surface area contributed by atoms with Gasteiger partial charge < -0.3 is 14.5 Å². The second kappa shape index (κ2) is 6.26. The average molecular weight is 287 g/mol. The number of carbonyl (C=O) groups excluding carboxylic acids is 2. The molecule has 21 heavy (non-hydrogen) atoms. The molecular weight excluding hydrogens is 270 g/mol. The van der Waals surface area contributed by atoms with Crippen molar-refractivity contribution in [1.82, 2.24) is 5.32 Å². The van der Waals surface area contributed by atoms with Crippen molar-refractivity contribution in [3.8, 4) is 0 Å². The summed E-state index contributed by atoms with van der Waals surface area (Å²) in [7, 11) is 1.32. The van der Waals surface area contributed by atoms with Crippen LogP contribution in [-0.4, -0.2) is 19.0 Å². The third-order valence-corrected chi connectivity index (χ3v) is 3.10. The minimum absolute atomic E-state index is 0.229. The fourth-order valence-corrected chi connectivity index (χ4v) is 1.91. The topological polar surface area (TPSA) is 68.5 Å². The van der Waals surface area contributed by atoms with E-state index in [1.54, 1.807) is 24.3 Å². The number of amides is 1. The van der Waals surface area contributed by atoms with Crippen LogP contribution >= 0.6 is 0 Å². The molecule has 1 aromatic heterocycles. The normalized spacial score (nSPS) is 11.8. The van der Waals surface area contributed by atoms with Crippen LogP contribution in [0.25, 0.3) is 0 Å². The standard InChI is InChI=1S/C16H17NO4/c1-10-4-9-14(21-10)11(2)17-15(18)12-5-7-13(8-6-12)16(19)20-3/h4-9,11H,1-3H3,(H,17,18).